The molecule has 0 aliphatic carbocycles. The van der Waals surface area contributed by atoms with Crippen molar-refractivity contribution >= 4 is 29.5 Å². The van der Waals surface area contributed by atoms with E-state index in [1.165, 1.54) is 21.1 Å². The molecule has 0 bridgehead atoms. The van der Waals surface area contributed by atoms with Crippen molar-refractivity contribution in [2.24, 2.45) is 19.2 Å². The van der Waals surface area contributed by atoms with Gasteiger partial charge in [0, 0.05) is 47.2 Å². The second kappa shape index (κ2) is 7.23. The first-order valence-electron chi connectivity index (χ1n) is 8.77. The van der Waals surface area contributed by atoms with Crippen molar-refractivity contribution in [2.45, 2.75) is 19.4 Å². The monoisotopic (exact) mass is 401 g/mol. The summed E-state index contributed by atoms with van der Waals surface area (Å²) >= 11 is 5.16. The molecule has 9 heteroatoms. The zero-order valence-corrected chi connectivity index (χ0v) is 17.3. The Labute approximate surface area is 167 Å². The molecule has 28 heavy (non-hydrogen) atoms. The highest BCUT2D eigenvalue weighted by Gasteiger charge is 2.34. The Bertz CT molecular complexity index is 1080. The lowest BCUT2D eigenvalue weighted by Gasteiger charge is -2.21. The molecule has 2 aromatic rings. The highest BCUT2D eigenvalue weighted by atomic mass is 32.1. The van der Waals surface area contributed by atoms with Crippen molar-refractivity contribution in [1.29, 1.82) is 0 Å². The molecule has 0 fully saturated rings. The quantitative estimate of drug-likeness (QED) is 0.795. The number of hydrogen-bond acceptors (Lipinski definition) is 6. The number of anilines is 1. The standard InChI is InChI=1S/C19H23N5O3S/c1-11(25)24-15(12-6-8-13(9-7-12)21(2)3)10-14(20-24)16-17(26)22(4)19(28)23(5)18(16)27/h6-9,15,26H,10H2,1-5H3/t15-/m1/s1. The van der Waals surface area contributed by atoms with Gasteiger partial charge in [-0.3, -0.25) is 18.7 Å². The summed E-state index contributed by atoms with van der Waals surface area (Å²) in [7, 11) is 7.03. The van der Waals surface area contributed by atoms with Gasteiger partial charge in [0.05, 0.1) is 11.8 Å². The van der Waals surface area contributed by atoms with Crippen molar-refractivity contribution in [2.75, 3.05) is 19.0 Å². The minimum Gasteiger partial charge on any atom is -0.494 e. The molecule has 1 aromatic heterocycles. The number of aromatic hydroxyl groups is 1. The number of carbonyl (C=O) groups is 1. The van der Waals surface area contributed by atoms with E-state index in [2.05, 4.69) is 5.10 Å². The van der Waals surface area contributed by atoms with Gasteiger partial charge in [-0.25, -0.2) is 5.01 Å². The zero-order valence-electron chi connectivity index (χ0n) is 16.5. The Hall–Kier alpha value is -2.94. The lowest BCUT2D eigenvalue weighted by Crippen LogP contribution is -2.28. The van der Waals surface area contributed by atoms with Gasteiger partial charge in [0.15, 0.2) is 4.77 Å². The molecule has 2 heterocycles. The zero-order chi connectivity index (χ0) is 20.7. The van der Waals surface area contributed by atoms with E-state index < -0.39 is 5.56 Å². The first-order valence-corrected chi connectivity index (χ1v) is 9.18. The Morgan fingerprint density at radius 3 is 2.36 bits per heavy atom. The highest BCUT2D eigenvalue weighted by Crippen LogP contribution is 2.34. The lowest BCUT2D eigenvalue weighted by atomic mass is 9.99. The molecule has 0 radical (unpaired) electrons. The molecule has 3 rings (SSSR count). The summed E-state index contributed by atoms with van der Waals surface area (Å²) in [5.41, 5.74) is 1.93. The summed E-state index contributed by atoms with van der Waals surface area (Å²) in [6.45, 7) is 1.43. The first-order chi connectivity index (χ1) is 13.1. The molecular weight excluding hydrogens is 378 g/mol. The summed E-state index contributed by atoms with van der Waals surface area (Å²) in [6.07, 6.45) is 0.320. The van der Waals surface area contributed by atoms with Gasteiger partial charge in [-0.15, -0.1) is 0 Å². The van der Waals surface area contributed by atoms with Crippen molar-refractivity contribution in [1.82, 2.24) is 14.1 Å². The van der Waals surface area contributed by atoms with E-state index in [4.69, 9.17) is 12.2 Å². The van der Waals surface area contributed by atoms with Crippen molar-refractivity contribution in [3.8, 4) is 5.88 Å². The van der Waals surface area contributed by atoms with Crippen LogP contribution in [0.5, 0.6) is 5.88 Å². The van der Waals surface area contributed by atoms with Crippen molar-refractivity contribution < 1.29 is 9.90 Å². The van der Waals surface area contributed by atoms with Crippen LogP contribution >= 0.6 is 12.2 Å². The molecule has 1 N–H and O–H groups in total. The average Bonchev–Trinajstić information content (AvgIpc) is 3.10. The number of hydrogen-bond donors (Lipinski definition) is 1. The minimum atomic E-state index is -0.438. The Balaban J connectivity index is 2.07. The smallest absolute Gasteiger partial charge is 0.267 e. The van der Waals surface area contributed by atoms with E-state index in [1.54, 1.807) is 14.1 Å². The molecule has 0 unspecified atom stereocenters. The molecule has 148 valence electrons. The second-order valence-corrected chi connectivity index (χ2v) is 7.39. The number of hydrazone groups is 1. The normalized spacial score (nSPS) is 16.2. The van der Waals surface area contributed by atoms with E-state index in [1.807, 2.05) is 43.3 Å². The van der Waals surface area contributed by atoms with Crippen LogP contribution in [0.3, 0.4) is 0 Å². The molecule has 1 aliphatic heterocycles. The van der Waals surface area contributed by atoms with E-state index >= 15 is 0 Å². The molecule has 1 amide bonds. The molecule has 1 atom stereocenters. The Kier molecular flexibility index (Phi) is 5.12. The van der Waals surface area contributed by atoms with E-state index in [0.717, 1.165) is 11.3 Å². The van der Waals surface area contributed by atoms with Gasteiger partial charge in [-0.1, -0.05) is 12.1 Å². The fraction of sp³-hybridized carbons (Fsp3) is 0.368. The number of amides is 1. The minimum absolute atomic E-state index is 0.0669. The molecule has 0 saturated carbocycles. The molecule has 0 spiro atoms. The summed E-state index contributed by atoms with van der Waals surface area (Å²) in [6, 6.07) is 7.47. The summed E-state index contributed by atoms with van der Waals surface area (Å²) < 4.78 is 2.83. The van der Waals surface area contributed by atoms with Crippen LogP contribution in [-0.4, -0.2) is 45.0 Å². The molecule has 8 nitrogen and oxygen atoms in total. The van der Waals surface area contributed by atoms with E-state index in [9.17, 15) is 14.7 Å². The van der Waals surface area contributed by atoms with Crippen LogP contribution in [0, 0.1) is 4.77 Å². The van der Waals surface area contributed by atoms with Crippen LogP contribution in [-0.2, 0) is 18.9 Å². The first kappa shape index (κ1) is 19.8. The molecular formula is C19H23N5O3S. The Morgan fingerprint density at radius 1 is 1.21 bits per heavy atom. The van der Waals surface area contributed by atoms with Crippen LogP contribution in [0.25, 0.3) is 0 Å². The van der Waals surface area contributed by atoms with E-state index in [0.29, 0.717) is 12.1 Å². The Morgan fingerprint density at radius 2 is 1.82 bits per heavy atom. The summed E-state index contributed by atoms with van der Waals surface area (Å²) in [5, 5.41) is 16.3. The van der Waals surface area contributed by atoms with Gasteiger partial charge in [-0.2, -0.15) is 5.10 Å². The van der Waals surface area contributed by atoms with Gasteiger partial charge in [-0.05, 0) is 29.9 Å². The molecule has 0 saturated heterocycles. The van der Waals surface area contributed by atoms with Crippen LogP contribution in [0.1, 0.15) is 30.5 Å². The van der Waals surface area contributed by atoms with E-state index in [-0.39, 0.29) is 28.2 Å². The van der Waals surface area contributed by atoms with Gasteiger partial charge in [0.2, 0.25) is 11.8 Å². The lowest BCUT2D eigenvalue weighted by molar-refractivity contribution is -0.130. The number of aromatic nitrogens is 2. The van der Waals surface area contributed by atoms with Gasteiger partial charge >= 0.3 is 0 Å². The average molecular weight is 401 g/mol. The third-order valence-electron chi connectivity index (χ3n) is 4.95. The number of nitrogens with zero attached hydrogens (tertiary/aromatic N) is 5. The van der Waals surface area contributed by atoms with Gasteiger partial charge < -0.3 is 10.0 Å². The van der Waals surface area contributed by atoms with Crippen LogP contribution in [0.15, 0.2) is 34.2 Å². The third-order valence-corrected chi connectivity index (χ3v) is 5.50. The predicted octanol–water partition coefficient (Wildman–Crippen LogP) is 1.92. The van der Waals surface area contributed by atoms with Crippen LogP contribution in [0.4, 0.5) is 5.69 Å². The topological polar surface area (TPSA) is 83.1 Å². The number of carbonyl (C=O) groups excluding carboxylic acids is 1. The summed E-state index contributed by atoms with van der Waals surface area (Å²) in [5.74, 6) is -0.490. The second-order valence-electron chi connectivity index (χ2n) is 7.02. The molecule has 1 aliphatic rings. The number of benzene rings is 1. The fourth-order valence-electron chi connectivity index (χ4n) is 3.29. The summed E-state index contributed by atoms with van der Waals surface area (Å²) in [4.78, 5) is 26.9. The maximum absolute atomic E-state index is 12.7. The third kappa shape index (κ3) is 3.22. The maximum Gasteiger partial charge on any atom is 0.267 e. The van der Waals surface area contributed by atoms with Gasteiger partial charge in [0.25, 0.3) is 5.56 Å². The fourth-order valence-corrected chi connectivity index (χ4v) is 3.46. The predicted molar refractivity (Wildman–Crippen MR) is 110 cm³/mol. The van der Waals surface area contributed by atoms with Gasteiger partial charge in [0.1, 0.15) is 5.56 Å². The maximum atomic E-state index is 12.7. The largest absolute Gasteiger partial charge is 0.494 e. The van der Waals surface area contributed by atoms with Crippen LogP contribution < -0.4 is 10.5 Å². The number of rotatable bonds is 3. The van der Waals surface area contributed by atoms with Crippen LogP contribution in [0.2, 0.25) is 0 Å². The van der Waals surface area contributed by atoms with Crippen molar-refractivity contribution in [3.63, 3.8) is 0 Å². The highest BCUT2D eigenvalue weighted by molar-refractivity contribution is 7.71. The molecule has 1 aromatic carbocycles. The SMILES string of the molecule is CC(=O)N1N=C(c2c(O)n(C)c(=S)n(C)c2=O)C[C@@H]1c1ccc(N(C)C)cc1. The van der Waals surface area contributed by atoms with Crippen molar-refractivity contribution in [3.05, 3.63) is 50.5 Å².